The number of amides is 2. The molecule has 2 amide bonds. The van der Waals surface area contributed by atoms with Crippen molar-refractivity contribution in [1.29, 1.82) is 0 Å². The number of carbonyl (C=O) groups excluding carboxylic acids is 2. The summed E-state index contributed by atoms with van der Waals surface area (Å²) in [6.07, 6.45) is 2.68. The Labute approximate surface area is 106 Å². The van der Waals surface area contributed by atoms with E-state index in [2.05, 4.69) is 10.3 Å². The quantitative estimate of drug-likeness (QED) is 0.602. The third kappa shape index (κ3) is 3.47. The molecule has 0 spiro atoms. The van der Waals surface area contributed by atoms with Crippen LogP contribution in [-0.2, 0) is 14.4 Å². The van der Waals surface area contributed by atoms with E-state index in [4.69, 9.17) is 0 Å². The average Bonchev–Trinajstić information content (AvgIpc) is 2.77. The summed E-state index contributed by atoms with van der Waals surface area (Å²) >= 11 is 1.57. The summed E-state index contributed by atoms with van der Waals surface area (Å²) in [6.45, 7) is 3.75. The molecule has 5 nitrogen and oxygen atoms in total. The molecular formula is C11H18N2O3S. The van der Waals surface area contributed by atoms with E-state index >= 15 is 0 Å². The fraction of sp³-hybridized carbons (Fsp3) is 0.636. The first-order valence-corrected chi connectivity index (χ1v) is 6.65. The number of hydrogen-bond acceptors (Lipinski definition) is 4. The van der Waals surface area contributed by atoms with Gasteiger partial charge < -0.3 is 4.90 Å². The van der Waals surface area contributed by atoms with E-state index in [1.165, 1.54) is 7.11 Å². The van der Waals surface area contributed by atoms with E-state index < -0.39 is 6.04 Å². The van der Waals surface area contributed by atoms with E-state index in [-0.39, 0.29) is 11.8 Å². The maximum Gasteiger partial charge on any atom is 0.267 e. The molecule has 1 heterocycles. The third-order valence-electron chi connectivity index (χ3n) is 2.50. The van der Waals surface area contributed by atoms with E-state index in [0.29, 0.717) is 17.2 Å². The lowest BCUT2D eigenvalue weighted by molar-refractivity contribution is -0.141. The highest BCUT2D eigenvalue weighted by atomic mass is 32.2. The van der Waals surface area contributed by atoms with Crippen molar-refractivity contribution in [3.05, 3.63) is 11.6 Å². The van der Waals surface area contributed by atoms with Gasteiger partial charge in [-0.2, -0.15) is 0 Å². The Kier molecular flexibility index (Phi) is 5.50. The van der Waals surface area contributed by atoms with Gasteiger partial charge in [-0.1, -0.05) is 13.0 Å². The molecular weight excluding hydrogens is 240 g/mol. The van der Waals surface area contributed by atoms with Crippen LogP contribution in [0.5, 0.6) is 0 Å². The molecule has 1 fully saturated rings. The third-order valence-corrected chi connectivity index (χ3v) is 3.51. The standard InChI is InChI=1S/C11H18N2O3S/c1-4-5-8(2)11(15)13-7-17-6-9(13)10(14)12-16-3/h5,9H,4,6-7H2,1-3H3,(H,12,14)/b8-5-/t9-/m1/s1. The highest BCUT2D eigenvalue weighted by molar-refractivity contribution is 7.99. The average molecular weight is 258 g/mol. The predicted molar refractivity (Wildman–Crippen MR) is 67.2 cm³/mol. The van der Waals surface area contributed by atoms with Gasteiger partial charge in [-0.05, 0) is 13.3 Å². The van der Waals surface area contributed by atoms with Gasteiger partial charge in [0.05, 0.1) is 13.0 Å². The number of carbonyl (C=O) groups is 2. The van der Waals surface area contributed by atoms with E-state index in [1.54, 1.807) is 23.6 Å². The topological polar surface area (TPSA) is 58.6 Å². The molecule has 0 aromatic heterocycles. The van der Waals surface area contributed by atoms with Crippen LogP contribution in [0.15, 0.2) is 11.6 Å². The molecule has 0 radical (unpaired) electrons. The Morgan fingerprint density at radius 1 is 1.59 bits per heavy atom. The zero-order valence-electron chi connectivity index (χ0n) is 10.4. The number of rotatable bonds is 4. The number of thioether (sulfide) groups is 1. The lowest BCUT2D eigenvalue weighted by Gasteiger charge is -2.22. The molecule has 17 heavy (non-hydrogen) atoms. The molecule has 96 valence electrons. The van der Waals surface area contributed by atoms with Crippen LogP contribution < -0.4 is 5.48 Å². The van der Waals surface area contributed by atoms with Crippen LogP contribution >= 0.6 is 11.8 Å². The Hall–Kier alpha value is -1.01. The van der Waals surface area contributed by atoms with Gasteiger partial charge in [-0.15, -0.1) is 11.8 Å². The van der Waals surface area contributed by atoms with Crippen molar-refractivity contribution in [2.24, 2.45) is 0 Å². The van der Waals surface area contributed by atoms with Crippen molar-refractivity contribution in [2.45, 2.75) is 26.3 Å². The molecule has 1 atom stereocenters. The molecule has 0 aromatic carbocycles. The smallest absolute Gasteiger partial charge is 0.267 e. The van der Waals surface area contributed by atoms with Gasteiger partial charge in [0.15, 0.2) is 0 Å². The zero-order valence-corrected chi connectivity index (χ0v) is 11.2. The fourth-order valence-electron chi connectivity index (χ4n) is 1.65. The Morgan fingerprint density at radius 2 is 2.29 bits per heavy atom. The van der Waals surface area contributed by atoms with Crippen molar-refractivity contribution < 1.29 is 14.4 Å². The van der Waals surface area contributed by atoms with Gasteiger partial charge in [-0.3, -0.25) is 14.4 Å². The van der Waals surface area contributed by atoms with Crippen molar-refractivity contribution in [3.63, 3.8) is 0 Å². The number of nitrogens with one attached hydrogen (secondary N) is 1. The maximum absolute atomic E-state index is 12.1. The van der Waals surface area contributed by atoms with Crippen LogP contribution in [0.1, 0.15) is 20.3 Å². The summed E-state index contributed by atoms with van der Waals surface area (Å²) in [7, 11) is 1.38. The highest BCUT2D eigenvalue weighted by Crippen LogP contribution is 2.23. The van der Waals surface area contributed by atoms with Crippen molar-refractivity contribution in [2.75, 3.05) is 18.7 Å². The molecule has 0 unspecified atom stereocenters. The second kappa shape index (κ2) is 6.66. The molecule has 6 heteroatoms. The molecule has 0 saturated carbocycles. The Bertz CT molecular complexity index is 331. The number of nitrogens with zero attached hydrogens (tertiary/aromatic N) is 1. The van der Waals surface area contributed by atoms with Gasteiger partial charge >= 0.3 is 0 Å². The molecule has 0 bridgehead atoms. The molecule has 1 aliphatic rings. The summed E-state index contributed by atoms with van der Waals surface area (Å²) in [6, 6.07) is -0.437. The number of hydrogen-bond donors (Lipinski definition) is 1. The first-order chi connectivity index (χ1) is 8.11. The van der Waals surface area contributed by atoms with Crippen LogP contribution in [0.4, 0.5) is 0 Å². The molecule has 0 aliphatic carbocycles. The Balaban J connectivity index is 2.72. The summed E-state index contributed by atoms with van der Waals surface area (Å²) in [4.78, 5) is 29.9. The van der Waals surface area contributed by atoms with E-state index in [0.717, 1.165) is 6.42 Å². The first-order valence-electron chi connectivity index (χ1n) is 5.50. The largest absolute Gasteiger partial charge is 0.317 e. The highest BCUT2D eigenvalue weighted by Gasteiger charge is 2.34. The van der Waals surface area contributed by atoms with E-state index in [9.17, 15) is 9.59 Å². The van der Waals surface area contributed by atoms with Crippen molar-refractivity contribution in [3.8, 4) is 0 Å². The van der Waals surface area contributed by atoms with Gasteiger partial charge in [0.2, 0.25) is 0 Å². The van der Waals surface area contributed by atoms with Crippen LogP contribution in [0.2, 0.25) is 0 Å². The molecule has 1 saturated heterocycles. The first kappa shape index (κ1) is 14.1. The summed E-state index contributed by atoms with van der Waals surface area (Å²) in [5.74, 6) is 0.818. The second-order valence-electron chi connectivity index (χ2n) is 3.76. The van der Waals surface area contributed by atoms with Crippen LogP contribution in [0, 0.1) is 0 Å². The maximum atomic E-state index is 12.1. The van der Waals surface area contributed by atoms with Gasteiger partial charge in [0.25, 0.3) is 11.8 Å². The molecule has 1 aliphatic heterocycles. The van der Waals surface area contributed by atoms with Crippen LogP contribution in [-0.4, -0.2) is 41.5 Å². The summed E-state index contributed by atoms with van der Waals surface area (Å²) in [5, 5.41) is 0. The van der Waals surface area contributed by atoms with Gasteiger partial charge in [-0.25, -0.2) is 5.48 Å². The summed E-state index contributed by atoms with van der Waals surface area (Å²) in [5.41, 5.74) is 2.96. The van der Waals surface area contributed by atoms with Gasteiger partial charge in [0.1, 0.15) is 6.04 Å². The lowest BCUT2D eigenvalue weighted by atomic mass is 10.2. The predicted octanol–water partition coefficient (Wildman–Crippen LogP) is 0.922. The Morgan fingerprint density at radius 3 is 2.88 bits per heavy atom. The molecule has 1 N–H and O–H groups in total. The van der Waals surface area contributed by atoms with Gasteiger partial charge in [0, 0.05) is 11.3 Å². The second-order valence-corrected chi connectivity index (χ2v) is 4.76. The van der Waals surface area contributed by atoms with Crippen LogP contribution in [0.3, 0.4) is 0 Å². The van der Waals surface area contributed by atoms with Crippen molar-refractivity contribution >= 4 is 23.6 Å². The normalized spacial score (nSPS) is 20.5. The van der Waals surface area contributed by atoms with E-state index in [1.807, 2.05) is 13.0 Å². The summed E-state index contributed by atoms with van der Waals surface area (Å²) < 4.78 is 0. The molecule has 1 rings (SSSR count). The fourth-order valence-corrected chi connectivity index (χ4v) is 2.80. The lowest BCUT2D eigenvalue weighted by Crippen LogP contribution is -2.47. The monoisotopic (exact) mass is 258 g/mol. The van der Waals surface area contributed by atoms with Crippen molar-refractivity contribution in [1.82, 2.24) is 10.4 Å². The minimum absolute atomic E-state index is 0.0758. The minimum Gasteiger partial charge on any atom is -0.317 e. The number of hydroxylamine groups is 1. The SMILES string of the molecule is CC/C=C(/C)C(=O)N1CSC[C@@H]1C(=O)NOC. The minimum atomic E-state index is -0.437. The molecule has 0 aromatic rings. The number of allylic oxidation sites excluding steroid dienone is 1. The van der Waals surface area contributed by atoms with Crippen LogP contribution in [0.25, 0.3) is 0 Å². The zero-order chi connectivity index (χ0) is 12.8.